The predicted octanol–water partition coefficient (Wildman–Crippen LogP) is 3.17. The summed E-state index contributed by atoms with van der Waals surface area (Å²) in [7, 11) is 0. The summed E-state index contributed by atoms with van der Waals surface area (Å²) in [6.45, 7) is 6.07. The molecule has 4 heteroatoms. The van der Waals surface area contributed by atoms with Crippen LogP contribution in [0.3, 0.4) is 0 Å². The Kier molecular flexibility index (Phi) is 4.00. The second-order valence-corrected chi connectivity index (χ2v) is 4.80. The Labute approximate surface area is 112 Å². The number of anilines is 1. The molecule has 4 nitrogen and oxygen atoms in total. The van der Waals surface area contributed by atoms with Crippen molar-refractivity contribution in [3.8, 4) is 0 Å². The van der Waals surface area contributed by atoms with Crippen LogP contribution in [0.2, 0.25) is 0 Å². The van der Waals surface area contributed by atoms with E-state index >= 15 is 0 Å². The van der Waals surface area contributed by atoms with E-state index in [-0.39, 0.29) is 5.91 Å². The van der Waals surface area contributed by atoms with Gasteiger partial charge in [-0.25, -0.2) is 4.98 Å². The van der Waals surface area contributed by atoms with Crippen molar-refractivity contribution in [1.82, 2.24) is 4.98 Å². The van der Waals surface area contributed by atoms with E-state index in [2.05, 4.69) is 29.4 Å². The molecule has 0 radical (unpaired) electrons. The maximum Gasteiger partial charge on any atom is 0.224 e. The van der Waals surface area contributed by atoms with Crippen LogP contribution in [0.5, 0.6) is 0 Å². The van der Waals surface area contributed by atoms with E-state index in [1.54, 1.807) is 6.26 Å². The molecule has 0 saturated heterocycles. The Morgan fingerprint density at radius 1 is 1.26 bits per heavy atom. The Morgan fingerprint density at radius 3 is 2.53 bits per heavy atom. The molecular weight excluding hydrogens is 240 g/mol. The van der Waals surface area contributed by atoms with Crippen molar-refractivity contribution in [1.29, 1.82) is 0 Å². The molecule has 100 valence electrons. The SMILES string of the molecule is Cc1cc(C)c(NC(=O)CCc2cocn2)c(C)c1. The smallest absolute Gasteiger partial charge is 0.224 e. The van der Waals surface area contributed by atoms with Gasteiger partial charge >= 0.3 is 0 Å². The summed E-state index contributed by atoms with van der Waals surface area (Å²) in [6, 6.07) is 4.14. The van der Waals surface area contributed by atoms with E-state index < -0.39 is 0 Å². The third-order valence-corrected chi connectivity index (χ3v) is 3.03. The number of nitrogens with one attached hydrogen (secondary N) is 1. The molecule has 0 aliphatic carbocycles. The van der Waals surface area contributed by atoms with Gasteiger partial charge in [-0.1, -0.05) is 17.7 Å². The van der Waals surface area contributed by atoms with E-state index in [4.69, 9.17) is 4.42 Å². The topological polar surface area (TPSA) is 55.1 Å². The lowest BCUT2D eigenvalue weighted by Gasteiger charge is -2.12. The van der Waals surface area contributed by atoms with Crippen molar-refractivity contribution in [3.63, 3.8) is 0 Å². The Hall–Kier alpha value is -2.10. The number of benzene rings is 1. The summed E-state index contributed by atoms with van der Waals surface area (Å²) in [4.78, 5) is 15.9. The molecule has 0 aliphatic rings. The number of nitrogens with zero attached hydrogens (tertiary/aromatic N) is 1. The molecule has 0 bridgehead atoms. The molecule has 0 atom stereocenters. The number of hydrogen-bond donors (Lipinski definition) is 1. The van der Waals surface area contributed by atoms with E-state index in [0.717, 1.165) is 22.5 Å². The quantitative estimate of drug-likeness (QED) is 0.916. The Morgan fingerprint density at radius 2 is 1.95 bits per heavy atom. The van der Waals surface area contributed by atoms with Gasteiger partial charge in [0.15, 0.2) is 6.39 Å². The van der Waals surface area contributed by atoms with Gasteiger partial charge in [0.2, 0.25) is 5.91 Å². The van der Waals surface area contributed by atoms with E-state index in [0.29, 0.717) is 12.8 Å². The lowest BCUT2D eigenvalue weighted by molar-refractivity contribution is -0.116. The third-order valence-electron chi connectivity index (χ3n) is 3.03. The molecule has 19 heavy (non-hydrogen) atoms. The maximum atomic E-state index is 11.9. The van der Waals surface area contributed by atoms with Crippen LogP contribution in [0.15, 0.2) is 29.2 Å². The van der Waals surface area contributed by atoms with Crippen LogP contribution in [0.25, 0.3) is 0 Å². The van der Waals surface area contributed by atoms with Gasteiger partial charge in [-0.2, -0.15) is 0 Å². The summed E-state index contributed by atoms with van der Waals surface area (Å²) >= 11 is 0. The summed E-state index contributed by atoms with van der Waals surface area (Å²) < 4.78 is 4.87. The molecule has 2 rings (SSSR count). The fourth-order valence-electron chi connectivity index (χ4n) is 2.18. The number of aromatic nitrogens is 1. The first kappa shape index (κ1) is 13.3. The summed E-state index contributed by atoms with van der Waals surface area (Å²) in [5, 5.41) is 2.97. The fourth-order valence-corrected chi connectivity index (χ4v) is 2.18. The Bertz CT molecular complexity index is 551. The number of hydrogen-bond acceptors (Lipinski definition) is 3. The average molecular weight is 258 g/mol. The summed E-state index contributed by atoms with van der Waals surface area (Å²) in [6.07, 6.45) is 3.93. The molecule has 1 heterocycles. The van der Waals surface area contributed by atoms with Gasteiger partial charge in [-0.3, -0.25) is 4.79 Å². The molecule has 2 aromatic rings. The normalized spacial score (nSPS) is 10.5. The van der Waals surface area contributed by atoms with Crippen LogP contribution >= 0.6 is 0 Å². The molecule has 0 spiro atoms. The van der Waals surface area contributed by atoms with Crippen molar-refractivity contribution in [3.05, 3.63) is 47.2 Å². The highest BCUT2D eigenvalue weighted by atomic mass is 16.3. The third kappa shape index (κ3) is 3.44. The zero-order chi connectivity index (χ0) is 13.8. The number of aryl methyl sites for hydroxylation is 4. The van der Waals surface area contributed by atoms with E-state index in [9.17, 15) is 4.79 Å². The molecular formula is C15H18N2O2. The molecule has 0 saturated carbocycles. The van der Waals surface area contributed by atoms with Crippen molar-refractivity contribution >= 4 is 11.6 Å². The van der Waals surface area contributed by atoms with Gasteiger partial charge in [0, 0.05) is 18.5 Å². The molecule has 1 aromatic heterocycles. The number of rotatable bonds is 4. The van der Waals surface area contributed by atoms with Gasteiger partial charge in [0.05, 0.1) is 5.69 Å². The molecule has 0 unspecified atom stereocenters. The van der Waals surface area contributed by atoms with Crippen molar-refractivity contribution in [2.24, 2.45) is 0 Å². The zero-order valence-electron chi connectivity index (χ0n) is 11.5. The highest BCUT2D eigenvalue weighted by molar-refractivity contribution is 5.92. The van der Waals surface area contributed by atoms with Crippen LogP contribution < -0.4 is 5.32 Å². The number of oxazole rings is 1. The van der Waals surface area contributed by atoms with E-state index in [1.165, 1.54) is 12.0 Å². The minimum atomic E-state index is -0.00180. The number of amides is 1. The first-order chi connectivity index (χ1) is 9.06. The molecule has 0 fully saturated rings. The average Bonchev–Trinajstić information content (AvgIpc) is 2.84. The van der Waals surface area contributed by atoms with Gasteiger partial charge in [0.25, 0.3) is 0 Å². The maximum absolute atomic E-state index is 11.9. The van der Waals surface area contributed by atoms with Crippen molar-refractivity contribution in [2.45, 2.75) is 33.6 Å². The fraction of sp³-hybridized carbons (Fsp3) is 0.333. The van der Waals surface area contributed by atoms with Crippen molar-refractivity contribution in [2.75, 3.05) is 5.32 Å². The highest BCUT2D eigenvalue weighted by Gasteiger charge is 2.09. The summed E-state index contributed by atoms with van der Waals surface area (Å²) in [5.41, 5.74) is 5.10. The first-order valence-corrected chi connectivity index (χ1v) is 6.31. The second kappa shape index (κ2) is 5.69. The standard InChI is InChI=1S/C15H18N2O2/c1-10-6-11(2)15(12(3)7-10)17-14(18)5-4-13-8-19-9-16-13/h6-9H,4-5H2,1-3H3,(H,17,18). The van der Waals surface area contributed by atoms with Gasteiger partial charge in [-0.15, -0.1) is 0 Å². The highest BCUT2D eigenvalue weighted by Crippen LogP contribution is 2.22. The van der Waals surface area contributed by atoms with Gasteiger partial charge < -0.3 is 9.73 Å². The van der Waals surface area contributed by atoms with Crippen LogP contribution in [0.4, 0.5) is 5.69 Å². The second-order valence-electron chi connectivity index (χ2n) is 4.80. The van der Waals surface area contributed by atoms with Crippen LogP contribution in [0, 0.1) is 20.8 Å². The van der Waals surface area contributed by atoms with E-state index in [1.807, 2.05) is 13.8 Å². The summed E-state index contributed by atoms with van der Waals surface area (Å²) in [5.74, 6) is -0.00180. The molecule has 1 aromatic carbocycles. The first-order valence-electron chi connectivity index (χ1n) is 6.31. The van der Waals surface area contributed by atoms with Crippen LogP contribution in [-0.2, 0) is 11.2 Å². The van der Waals surface area contributed by atoms with Crippen LogP contribution in [0.1, 0.15) is 28.8 Å². The zero-order valence-corrected chi connectivity index (χ0v) is 11.5. The molecule has 1 amide bonds. The predicted molar refractivity (Wildman–Crippen MR) is 74.1 cm³/mol. The number of carbonyl (C=O) groups excluding carboxylic acids is 1. The molecule has 1 N–H and O–H groups in total. The van der Waals surface area contributed by atoms with Gasteiger partial charge in [0.1, 0.15) is 6.26 Å². The Balaban J connectivity index is 1.99. The lowest BCUT2D eigenvalue weighted by Crippen LogP contribution is -2.14. The van der Waals surface area contributed by atoms with Crippen LogP contribution in [-0.4, -0.2) is 10.9 Å². The number of carbonyl (C=O) groups is 1. The van der Waals surface area contributed by atoms with Crippen molar-refractivity contribution < 1.29 is 9.21 Å². The monoisotopic (exact) mass is 258 g/mol. The lowest BCUT2D eigenvalue weighted by atomic mass is 10.0. The molecule has 0 aliphatic heterocycles. The minimum Gasteiger partial charge on any atom is -0.451 e. The minimum absolute atomic E-state index is 0.00180. The van der Waals surface area contributed by atoms with Gasteiger partial charge in [-0.05, 0) is 31.9 Å². The largest absolute Gasteiger partial charge is 0.451 e.